The molecule has 1 heterocycles. The number of aromatic nitrogens is 2. The Morgan fingerprint density at radius 1 is 0.538 bits per heavy atom. The van der Waals surface area contributed by atoms with E-state index in [-0.39, 0.29) is 5.16 Å². The van der Waals surface area contributed by atoms with Crippen molar-refractivity contribution in [2.24, 2.45) is 11.8 Å². The van der Waals surface area contributed by atoms with E-state index in [1.54, 1.807) is 0 Å². The average Bonchev–Trinajstić information content (AvgIpc) is 3.72. The molecule has 0 unspecified atom stereocenters. The molecule has 4 heteroatoms. The second-order valence-corrected chi connectivity index (χ2v) is 16.0. The van der Waals surface area contributed by atoms with Crippen LogP contribution in [-0.4, -0.2) is 25.8 Å². The van der Waals surface area contributed by atoms with Crippen LogP contribution in [0, 0.1) is 11.8 Å². The van der Waals surface area contributed by atoms with E-state index < -0.39 is 0 Å². The van der Waals surface area contributed by atoms with Crippen molar-refractivity contribution < 1.29 is 0 Å². The molecule has 0 spiro atoms. The van der Waals surface area contributed by atoms with Crippen LogP contribution in [0.4, 0.5) is 0 Å². The molecular formula is C48H49BN2Si. The van der Waals surface area contributed by atoms with Gasteiger partial charge >= 0.3 is 0 Å². The monoisotopic (exact) mass is 692 g/mol. The highest BCUT2D eigenvalue weighted by Gasteiger charge is 2.37. The highest BCUT2D eigenvalue weighted by atomic mass is 28.2. The lowest BCUT2D eigenvalue weighted by Crippen LogP contribution is -2.51. The lowest BCUT2D eigenvalue weighted by Gasteiger charge is -2.37. The van der Waals surface area contributed by atoms with Gasteiger partial charge in [0.1, 0.15) is 9.52 Å². The van der Waals surface area contributed by atoms with Gasteiger partial charge in [-0.25, -0.2) is 4.98 Å². The predicted molar refractivity (Wildman–Crippen MR) is 224 cm³/mol. The molecule has 0 atom stereocenters. The maximum absolute atomic E-state index is 4.49. The molecule has 0 N–H and O–H groups in total. The second-order valence-electron chi connectivity index (χ2n) is 14.4. The predicted octanol–water partition coefficient (Wildman–Crippen LogP) is 8.26. The molecule has 1 aromatic heterocycles. The van der Waals surface area contributed by atoms with Crippen molar-refractivity contribution in [2.75, 3.05) is 0 Å². The van der Waals surface area contributed by atoms with Crippen molar-refractivity contribution in [1.29, 1.82) is 0 Å². The van der Waals surface area contributed by atoms with Gasteiger partial charge in [0.15, 0.2) is 0 Å². The molecule has 2 radical (unpaired) electrons. The first-order valence-electron chi connectivity index (χ1n) is 18.6. The molecule has 52 heavy (non-hydrogen) atoms. The Balaban J connectivity index is 0.000000206. The molecule has 0 fully saturated rings. The summed E-state index contributed by atoms with van der Waals surface area (Å²) < 4.78 is 2.32. The SMILES string of the molecule is CC(C)Cc1cccc(C([Si]c2ccccc2)(c2cccc(CC(C)C)c2)n2ccnc2)c1.c1ccc(B(c2ccccc2)c2ccccc2)cc1. The van der Waals surface area contributed by atoms with E-state index in [2.05, 4.69) is 213 Å². The quantitative estimate of drug-likeness (QED) is 0.118. The molecule has 7 aromatic rings. The van der Waals surface area contributed by atoms with E-state index in [1.807, 2.05) is 12.5 Å². The maximum atomic E-state index is 4.49. The Bertz CT molecular complexity index is 1910. The normalized spacial score (nSPS) is 11.3. The molecule has 0 aliphatic heterocycles. The van der Waals surface area contributed by atoms with Crippen molar-refractivity contribution in [2.45, 2.75) is 45.7 Å². The third-order valence-electron chi connectivity index (χ3n) is 9.37. The van der Waals surface area contributed by atoms with Crippen molar-refractivity contribution in [3.8, 4) is 0 Å². The standard InChI is InChI=1S/C30H34N2Si.C18H15B/c1-23(2)18-25-10-8-12-27(20-25)30(32-17-16-31-22-32,33-29-14-6-5-7-15-29)28-13-9-11-26(21-28)19-24(3)4;1-4-10-16(11-5-1)19(17-12-6-2-7-13-17)18-14-8-3-9-15-18/h5-17,20-24H,18-19H2,1-4H3;1-15H. The van der Waals surface area contributed by atoms with Gasteiger partial charge in [0.2, 0.25) is 6.71 Å². The number of imidazole rings is 1. The third kappa shape index (κ3) is 9.18. The highest BCUT2D eigenvalue weighted by molar-refractivity contribution is 6.95. The van der Waals surface area contributed by atoms with Crippen LogP contribution in [0.5, 0.6) is 0 Å². The van der Waals surface area contributed by atoms with Crippen molar-refractivity contribution in [1.82, 2.24) is 9.55 Å². The lowest BCUT2D eigenvalue weighted by atomic mass is 9.37. The minimum Gasteiger partial charge on any atom is -0.326 e. The molecule has 0 aliphatic rings. The molecule has 258 valence electrons. The fourth-order valence-corrected chi connectivity index (χ4v) is 8.80. The Kier molecular flexibility index (Phi) is 12.6. The van der Waals surface area contributed by atoms with Gasteiger partial charge < -0.3 is 4.57 Å². The fourth-order valence-electron chi connectivity index (χ4n) is 7.16. The molecule has 0 saturated carbocycles. The van der Waals surface area contributed by atoms with E-state index >= 15 is 0 Å². The van der Waals surface area contributed by atoms with E-state index in [9.17, 15) is 0 Å². The van der Waals surface area contributed by atoms with Crippen molar-refractivity contribution >= 4 is 37.8 Å². The van der Waals surface area contributed by atoms with Crippen LogP contribution >= 0.6 is 0 Å². The zero-order chi connectivity index (χ0) is 36.2. The molecule has 0 saturated heterocycles. The fraction of sp³-hybridized carbons (Fsp3) is 0.188. The summed E-state index contributed by atoms with van der Waals surface area (Å²) in [6, 6.07) is 61.3. The number of nitrogens with zero attached hydrogens (tertiary/aromatic N) is 2. The van der Waals surface area contributed by atoms with Crippen molar-refractivity contribution in [3.63, 3.8) is 0 Å². The zero-order valence-corrected chi connectivity index (χ0v) is 31.9. The van der Waals surface area contributed by atoms with Crippen LogP contribution in [0.3, 0.4) is 0 Å². The van der Waals surface area contributed by atoms with Crippen LogP contribution < -0.4 is 21.6 Å². The van der Waals surface area contributed by atoms with E-state index in [0.29, 0.717) is 28.1 Å². The first-order valence-corrected chi connectivity index (χ1v) is 19.6. The van der Waals surface area contributed by atoms with E-state index in [0.717, 1.165) is 12.8 Å². The van der Waals surface area contributed by atoms with Gasteiger partial charge in [-0.1, -0.05) is 219 Å². The molecule has 7 rings (SSSR count). The molecule has 0 bridgehead atoms. The Morgan fingerprint density at radius 2 is 0.962 bits per heavy atom. The zero-order valence-electron chi connectivity index (χ0n) is 30.9. The smallest absolute Gasteiger partial charge is 0.241 e. The second kappa shape index (κ2) is 17.8. The van der Waals surface area contributed by atoms with Gasteiger partial charge in [0.25, 0.3) is 0 Å². The summed E-state index contributed by atoms with van der Waals surface area (Å²) in [7, 11) is 0.523. The first kappa shape index (κ1) is 36.6. The summed E-state index contributed by atoms with van der Waals surface area (Å²) in [6.07, 6.45) is 8.17. The lowest BCUT2D eigenvalue weighted by molar-refractivity contribution is 0.589. The van der Waals surface area contributed by atoms with E-state index in [4.69, 9.17) is 0 Å². The van der Waals surface area contributed by atoms with E-state index in [1.165, 1.54) is 43.8 Å². The summed E-state index contributed by atoms with van der Waals surface area (Å²) in [5, 5.41) is 0.993. The number of hydrogen-bond acceptors (Lipinski definition) is 1. The van der Waals surface area contributed by atoms with Gasteiger partial charge in [-0.15, -0.1) is 0 Å². The Morgan fingerprint density at radius 3 is 1.35 bits per heavy atom. The average molecular weight is 693 g/mol. The maximum Gasteiger partial charge on any atom is 0.241 e. The van der Waals surface area contributed by atoms with Gasteiger partial charge in [-0.3, -0.25) is 0 Å². The molecular weight excluding hydrogens is 643 g/mol. The molecule has 0 aliphatic carbocycles. The van der Waals surface area contributed by atoms with Crippen molar-refractivity contribution in [3.05, 3.63) is 211 Å². The van der Waals surface area contributed by atoms with Crippen LogP contribution in [0.25, 0.3) is 0 Å². The van der Waals surface area contributed by atoms with Gasteiger partial charge in [-0.2, -0.15) is 0 Å². The number of hydrogen-bond donors (Lipinski definition) is 0. The summed E-state index contributed by atoms with van der Waals surface area (Å²) in [4.78, 5) is 4.49. The van der Waals surface area contributed by atoms with Crippen LogP contribution in [-0.2, 0) is 18.0 Å². The summed E-state index contributed by atoms with van der Waals surface area (Å²) in [5.74, 6) is 1.24. The minimum atomic E-state index is -0.349. The van der Waals surface area contributed by atoms with Crippen LogP contribution in [0.15, 0.2) is 189 Å². The number of benzene rings is 6. The van der Waals surface area contributed by atoms with Crippen LogP contribution in [0.2, 0.25) is 0 Å². The molecule has 6 aromatic carbocycles. The Labute approximate surface area is 314 Å². The highest BCUT2D eigenvalue weighted by Crippen LogP contribution is 2.35. The van der Waals surface area contributed by atoms with Gasteiger partial charge in [0.05, 0.1) is 11.5 Å². The third-order valence-corrected chi connectivity index (χ3v) is 11.2. The Hall–Kier alpha value is -5.19. The summed E-state index contributed by atoms with van der Waals surface area (Å²) in [6.45, 7) is 9.46. The molecule has 0 amide bonds. The topological polar surface area (TPSA) is 17.8 Å². The van der Waals surface area contributed by atoms with Gasteiger partial charge in [-0.05, 0) is 46.9 Å². The minimum absolute atomic E-state index is 0.309. The van der Waals surface area contributed by atoms with Crippen LogP contribution in [0.1, 0.15) is 49.9 Å². The first-order chi connectivity index (χ1) is 25.4. The summed E-state index contributed by atoms with van der Waals surface area (Å²) >= 11 is 0. The van der Waals surface area contributed by atoms with Gasteiger partial charge in [0, 0.05) is 12.4 Å². The summed E-state index contributed by atoms with van der Waals surface area (Å²) in [5.41, 5.74) is 9.43. The number of rotatable bonds is 12. The largest absolute Gasteiger partial charge is 0.326 e. The molecule has 2 nitrogen and oxygen atoms in total.